The molecule has 0 atom stereocenters. The van der Waals surface area contributed by atoms with Crippen LogP contribution in [0.2, 0.25) is 15.1 Å². The largest absolute Gasteiger partial charge is 0.364 e. The molecule has 1 heterocycles. The van der Waals surface area contributed by atoms with E-state index in [4.69, 9.17) is 58.0 Å². The van der Waals surface area contributed by atoms with Gasteiger partial charge in [-0.15, -0.1) is 0 Å². The number of nitrogens with zero attached hydrogens (tertiary/aromatic N) is 2. The molecule has 1 aromatic heterocycles. The van der Waals surface area contributed by atoms with Gasteiger partial charge in [0.1, 0.15) is 10.9 Å². The summed E-state index contributed by atoms with van der Waals surface area (Å²) in [7, 11) is -4.75. The molecule has 0 aliphatic rings. The minimum Gasteiger partial charge on any atom is -0.289 e. The van der Waals surface area contributed by atoms with Gasteiger partial charge in [-0.3, -0.25) is 4.57 Å². The lowest BCUT2D eigenvalue weighted by atomic mass is 10.3. The fourth-order valence-corrected chi connectivity index (χ4v) is 4.70. The molecule has 0 unspecified atom stereocenters. The van der Waals surface area contributed by atoms with Crippen LogP contribution in [0.5, 0.6) is 0 Å². The molecule has 2 aromatic rings. The van der Waals surface area contributed by atoms with Crippen molar-refractivity contribution in [2.45, 2.75) is 8.95 Å². The molecule has 0 radical (unpaired) electrons. The maximum absolute atomic E-state index is 13.5. The normalized spacial score (nSPS) is 12.7. The van der Waals surface area contributed by atoms with Crippen LogP contribution >= 0.6 is 73.9 Å². The quantitative estimate of drug-likeness (QED) is 0.539. The van der Waals surface area contributed by atoms with E-state index in [1.165, 1.54) is 16.7 Å². The van der Waals surface area contributed by atoms with E-state index in [9.17, 15) is 12.8 Å². The Morgan fingerprint density at radius 2 is 1.68 bits per heavy atom. The highest BCUT2D eigenvalue weighted by molar-refractivity contribution is 9.10. The van der Waals surface area contributed by atoms with E-state index in [1.807, 2.05) is 0 Å². The number of hydrogen-bond acceptors (Lipinski definition) is 3. The maximum Gasteiger partial charge on any atom is 0.364 e. The molecule has 0 saturated heterocycles. The van der Waals surface area contributed by atoms with Gasteiger partial charge in [-0.2, -0.15) is 4.39 Å². The molecular formula is C10H3BrCl5FN2O2S. The Morgan fingerprint density at radius 3 is 2.14 bits per heavy atom. The predicted octanol–water partition coefficient (Wildman–Crippen LogP) is 5.43. The minimum atomic E-state index is -4.75. The summed E-state index contributed by atoms with van der Waals surface area (Å²) in [4.78, 5) is 3.60. The van der Waals surface area contributed by atoms with Crippen molar-refractivity contribution in [1.82, 2.24) is 9.55 Å². The molecular weight excluding hydrogens is 488 g/mol. The second-order valence-corrected chi connectivity index (χ2v) is 9.52. The van der Waals surface area contributed by atoms with E-state index in [-0.39, 0.29) is 25.4 Å². The lowest BCUT2D eigenvalue weighted by Crippen LogP contribution is -2.21. The molecule has 0 fully saturated rings. The van der Waals surface area contributed by atoms with Crippen LogP contribution in [0.25, 0.3) is 5.69 Å². The van der Waals surface area contributed by atoms with Gasteiger partial charge in [-0.25, -0.2) is 13.4 Å². The van der Waals surface area contributed by atoms with E-state index < -0.39 is 18.8 Å². The van der Waals surface area contributed by atoms with Crippen molar-refractivity contribution in [3.8, 4) is 5.69 Å². The van der Waals surface area contributed by atoms with E-state index in [0.29, 0.717) is 0 Å². The van der Waals surface area contributed by atoms with Crippen LogP contribution in [0.3, 0.4) is 0 Å². The highest BCUT2D eigenvalue weighted by Gasteiger charge is 2.45. The maximum atomic E-state index is 13.5. The first-order valence-electron chi connectivity index (χ1n) is 5.16. The van der Waals surface area contributed by atoms with Crippen LogP contribution < -0.4 is 0 Å². The molecule has 22 heavy (non-hydrogen) atoms. The first-order valence-corrected chi connectivity index (χ1v) is 9.32. The number of rotatable bonds is 3. The summed E-state index contributed by atoms with van der Waals surface area (Å²) < 4.78 is 34.8. The van der Waals surface area contributed by atoms with Gasteiger partial charge in [0.15, 0.2) is 5.03 Å². The zero-order valence-corrected chi connectivity index (χ0v) is 16.2. The summed E-state index contributed by atoms with van der Waals surface area (Å²) in [5, 5.41) is -0.167. The van der Waals surface area contributed by atoms with Crippen LogP contribution in [0, 0.1) is 0 Å². The van der Waals surface area contributed by atoms with Gasteiger partial charge in [0.2, 0.25) is 0 Å². The molecule has 12 heteroatoms. The van der Waals surface area contributed by atoms with Gasteiger partial charge in [-0.1, -0.05) is 34.8 Å². The third-order valence-electron chi connectivity index (χ3n) is 2.46. The Labute approximate surface area is 158 Å². The van der Waals surface area contributed by atoms with Gasteiger partial charge in [-0.05, 0) is 51.3 Å². The summed E-state index contributed by atoms with van der Waals surface area (Å²) in [5.41, 5.74) is 0.196. The Balaban J connectivity index is 2.69. The molecule has 0 aliphatic carbocycles. The fourth-order valence-electron chi connectivity index (χ4n) is 1.53. The SMILES string of the molecule is O=S(=O)(c1ncn(-c2c(Cl)cc(Cl)cc2Cl)c1Br)C(F)(Cl)Cl. The molecule has 0 aliphatic heterocycles. The Bertz CT molecular complexity index is 826. The number of hydrogen-bond donors (Lipinski definition) is 0. The van der Waals surface area contributed by atoms with Crippen LogP contribution in [-0.2, 0) is 9.84 Å². The van der Waals surface area contributed by atoms with Gasteiger partial charge in [0.05, 0.1) is 15.7 Å². The van der Waals surface area contributed by atoms with E-state index in [0.717, 1.165) is 6.33 Å². The highest BCUT2D eigenvalue weighted by atomic mass is 79.9. The molecule has 2 rings (SSSR count). The number of aromatic nitrogens is 2. The summed E-state index contributed by atoms with van der Waals surface area (Å²) >= 11 is 31.0. The highest BCUT2D eigenvalue weighted by Crippen LogP contribution is 2.40. The van der Waals surface area contributed by atoms with Crippen molar-refractivity contribution in [2.24, 2.45) is 0 Å². The third-order valence-corrected chi connectivity index (χ3v) is 6.91. The van der Waals surface area contributed by atoms with Crippen molar-refractivity contribution in [3.05, 3.63) is 38.1 Å². The third kappa shape index (κ3) is 3.22. The second kappa shape index (κ2) is 6.27. The first kappa shape index (κ1) is 18.6. The van der Waals surface area contributed by atoms with Crippen molar-refractivity contribution in [3.63, 3.8) is 0 Å². The number of alkyl halides is 3. The second-order valence-electron chi connectivity index (χ2n) is 3.88. The standard InChI is InChI=1S/C10H3BrCl5FN2O2S/c11-8-9(22(20,21)10(15,16)17)18-3-19(8)7-5(13)1-4(12)2-6(7)14/h1-3H. The lowest BCUT2D eigenvalue weighted by Gasteiger charge is -2.11. The summed E-state index contributed by atoms with van der Waals surface area (Å²) in [6.45, 7) is 0. The molecule has 0 spiro atoms. The average molecular weight is 491 g/mol. The summed E-state index contributed by atoms with van der Waals surface area (Å²) in [5.74, 6) is 0. The molecule has 4 nitrogen and oxygen atoms in total. The Hall–Kier alpha value is 0.240. The summed E-state index contributed by atoms with van der Waals surface area (Å²) in [6, 6.07) is 2.79. The lowest BCUT2D eigenvalue weighted by molar-refractivity contribution is 0.467. The monoisotopic (exact) mass is 488 g/mol. The van der Waals surface area contributed by atoms with Crippen LogP contribution in [0.15, 0.2) is 28.1 Å². The van der Waals surface area contributed by atoms with Crippen LogP contribution in [-0.4, -0.2) is 21.9 Å². The van der Waals surface area contributed by atoms with Gasteiger partial charge < -0.3 is 0 Å². The van der Waals surface area contributed by atoms with Crippen LogP contribution in [0.4, 0.5) is 4.39 Å². The van der Waals surface area contributed by atoms with Crippen molar-refractivity contribution in [1.29, 1.82) is 0 Å². The van der Waals surface area contributed by atoms with Gasteiger partial charge in [0, 0.05) is 5.02 Å². The van der Waals surface area contributed by atoms with Gasteiger partial charge in [0.25, 0.3) is 9.84 Å². The fraction of sp³-hybridized carbons (Fsp3) is 0.100. The first-order chi connectivity index (χ1) is 9.96. The number of halogens is 7. The van der Waals surface area contributed by atoms with Crippen LogP contribution in [0.1, 0.15) is 0 Å². The number of benzene rings is 1. The minimum absolute atomic E-state index is 0.128. The molecule has 1 aromatic carbocycles. The van der Waals surface area contributed by atoms with Crippen molar-refractivity contribution in [2.75, 3.05) is 0 Å². The molecule has 120 valence electrons. The average Bonchev–Trinajstić information content (AvgIpc) is 2.69. The zero-order valence-electron chi connectivity index (χ0n) is 10.00. The molecule has 0 amide bonds. The molecule has 0 N–H and O–H groups in total. The Kier molecular flexibility index (Phi) is 5.30. The topological polar surface area (TPSA) is 52.0 Å². The molecule has 0 bridgehead atoms. The summed E-state index contributed by atoms with van der Waals surface area (Å²) in [6.07, 6.45) is 1.07. The number of sulfone groups is 1. The van der Waals surface area contributed by atoms with Crippen molar-refractivity contribution >= 4 is 83.8 Å². The predicted molar refractivity (Wildman–Crippen MR) is 89.0 cm³/mol. The van der Waals surface area contributed by atoms with E-state index in [2.05, 4.69) is 20.9 Å². The van der Waals surface area contributed by atoms with E-state index >= 15 is 0 Å². The molecule has 0 saturated carbocycles. The van der Waals surface area contributed by atoms with E-state index in [1.54, 1.807) is 0 Å². The zero-order chi connectivity index (χ0) is 16.9. The Morgan fingerprint density at radius 1 is 1.18 bits per heavy atom. The van der Waals surface area contributed by atoms with Crippen molar-refractivity contribution < 1.29 is 12.8 Å². The van der Waals surface area contributed by atoms with Gasteiger partial charge >= 0.3 is 3.92 Å². The smallest absolute Gasteiger partial charge is 0.289 e. The number of imidazole rings is 1.